The minimum absolute atomic E-state index is 0.0509. The first-order valence-electron chi connectivity index (χ1n) is 28.2. The summed E-state index contributed by atoms with van der Waals surface area (Å²) in [4.78, 5) is 35.6. The lowest BCUT2D eigenvalue weighted by Crippen LogP contribution is -2.08. The molecule has 0 saturated heterocycles. The fourth-order valence-corrected chi connectivity index (χ4v) is 10.2. The number of aromatic amines is 1. The van der Waals surface area contributed by atoms with Crippen molar-refractivity contribution in [2.24, 2.45) is 0 Å². The molecule has 0 saturated carbocycles. The lowest BCUT2D eigenvalue weighted by molar-refractivity contribution is 0.543. The number of pyridine rings is 4. The second-order valence-corrected chi connectivity index (χ2v) is 20.7. The molecule has 1 N–H and O–H groups in total. The van der Waals surface area contributed by atoms with Crippen molar-refractivity contribution in [2.75, 3.05) is 0 Å². The maximum atomic E-state index is 14.3. The van der Waals surface area contributed by atoms with Crippen LogP contribution in [-0.2, 0) is 19.6 Å². The van der Waals surface area contributed by atoms with Gasteiger partial charge in [0.1, 0.15) is 110 Å². The molecule has 12 nitrogen and oxygen atoms in total. The van der Waals surface area contributed by atoms with Crippen LogP contribution in [0.5, 0.6) is 0 Å². The van der Waals surface area contributed by atoms with Crippen LogP contribution in [-0.4, -0.2) is 58.6 Å². The summed E-state index contributed by atoms with van der Waals surface area (Å²) >= 11 is 0. The van der Waals surface area contributed by atoms with E-state index in [-0.39, 0.29) is 81.9 Å². The molecule has 0 spiro atoms. The molecular formula is C69H40F14N12. The number of benzene rings is 7. The Morgan fingerprint density at radius 1 is 0.316 bits per heavy atom. The van der Waals surface area contributed by atoms with E-state index in [2.05, 4.69) is 44.9 Å². The zero-order valence-corrected chi connectivity index (χ0v) is 48.4. The first kappa shape index (κ1) is 63.2. The highest BCUT2D eigenvalue weighted by Gasteiger charge is 2.25. The van der Waals surface area contributed by atoms with Gasteiger partial charge in [-0.05, 0) is 109 Å². The van der Waals surface area contributed by atoms with Crippen LogP contribution < -0.4 is 0 Å². The number of rotatable bonds is 10. The molecule has 474 valence electrons. The molecule has 2 aliphatic heterocycles. The smallest absolute Gasteiger partial charge is 0.166 e. The predicted molar refractivity (Wildman–Crippen MR) is 323 cm³/mol. The molecule has 6 aromatic heterocycles. The summed E-state index contributed by atoms with van der Waals surface area (Å²) in [6, 6.07) is 31.1. The average molecular weight is 1300 g/mol. The van der Waals surface area contributed by atoms with Gasteiger partial charge in [0.25, 0.3) is 0 Å². The van der Waals surface area contributed by atoms with E-state index in [4.69, 9.17) is 0 Å². The molecule has 0 radical (unpaired) electrons. The fraction of sp³-hybridized carbons (Fsp3) is 0.0435. The number of fused-ring (bicyclic) bond motifs is 4. The molecule has 0 aliphatic carbocycles. The number of aromatic nitrogens is 12. The van der Waals surface area contributed by atoms with E-state index in [1.807, 2.05) is 0 Å². The van der Waals surface area contributed by atoms with Crippen molar-refractivity contribution >= 4 is 33.1 Å². The average Bonchev–Trinajstić information content (AvgIpc) is 1.66. The lowest BCUT2D eigenvalue weighted by atomic mass is 10.1. The minimum Gasteiger partial charge on any atom is -0.347 e. The van der Waals surface area contributed by atoms with Crippen molar-refractivity contribution in [1.82, 2.24) is 58.6 Å². The molecule has 8 heterocycles. The summed E-state index contributed by atoms with van der Waals surface area (Å²) in [7, 11) is 0. The molecule has 26 heteroatoms. The highest BCUT2D eigenvalue weighted by Crippen LogP contribution is 2.34. The molecule has 0 unspecified atom stereocenters. The van der Waals surface area contributed by atoms with Gasteiger partial charge < -0.3 is 18.7 Å². The molecule has 0 atom stereocenters. The lowest BCUT2D eigenvalue weighted by Gasteiger charge is -2.12. The van der Waals surface area contributed by atoms with E-state index in [1.165, 1.54) is 111 Å². The molecule has 2 aliphatic rings. The van der Waals surface area contributed by atoms with Crippen molar-refractivity contribution in [3.05, 3.63) is 299 Å². The predicted octanol–water partition coefficient (Wildman–Crippen LogP) is 17.0. The molecule has 0 bridgehead atoms. The van der Waals surface area contributed by atoms with E-state index in [0.29, 0.717) is 44.5 Å². The molecule has 7 aromatic carbocycles. The van der Waals surface area contributed by atoms with Crippen LogP contribution >= 0.6 is 0 Å². The van der Waals surface area contributed by atoms with Gasteiger partial charge in [-0.25, -0.2) is 86.4 Å². The highest BCUT2D eigenvalue weighted by atomic mass is 19.2. The standard InChI is InChI=1S/3C19H11F4N3.C12H7F2N3/c20-12-3-1-4-13(21)11(12)10-26-17-7-8-24-9-16(17)25-19(26)18-14(22)5-2-6-15(18)23;20-12-3-1-4-13(21)11(12)10-26-17-9-24-8-7-16(17)25-19(26)18-14(22)5-2-6-15(18)23;20-12-3-1-4-13(21)11(12)9-26-8-7-16-17(10-26)25-19(24-16)18-14(22)5-2-6-15(18)23;13-7-2-1-3-8(14)11(7)12-16-9-4-5-15-6-10(9)17-12/h2*1-9H,10H2;1-8,10H,9H2;1-6H,(H,16,17). The normalized spacial score (nSPS) is 11.2. The second kappa shape index (κ2) is 27.1. The largest absolute Gasteiger partial charge is 0.347 e. The number of imidazole rings is 4. The molecule has 0 fully saturated rings. The van der Waals surface area contributed by atoms with Crippen molar-refractivity contribution in [1.29, 1.82) is 0 Å². The summed E-state index contributed by atoms with van der Waals surface area (Å²) in [5.74, 6) is -10.4. The molecular weight excluding hydrogens is 1260 g/mol. The van der Waals surface area contributed by atoms with Gasteiger partial charge in [-0.3, -0.25) is 15.0 Å². The summed E-state index contributed by atoms with van der Waals surface area (Å²) in [6.45, 7) is -0.614. The Kier molecular flexibility index (Phi) is 18.0. The quantitative estimate of drug-likeness (QED) is 0.134. The van der Waals surface area contributed by atoms with Crippen molar-refractivity contribution in [3.8, 4) is 56.9 Å². The first-order valence-corrected chi connectivity index (χ1v) is 28.2. The minimum atomic E-state index is -0.816. The second-order valence-electron chi connectivity index (χ2n) is 20.7. The van der Waals surface area contributed by atoms with Crippen molar-refractivity contribution < 1.29 is 61.5 Å². The number of H-pyrrole nitrogens is 1. The SMILES string of the molecule is Fc1cccc(F)c1-c1nc2ccncc2[nH]1.Fc1cccc(F)c1Cn1c(-c2c(F)cccc2F)nc2ccncc21.Fc1cccc(F)c1Cn1c(-c2c(F)cccc2F)nc2cnccc21.Fc1cccc(F)c1Cn1ccc2nc(-c3c(F)cccc3F)nc-2c1. The zero-order chi connectivity index (χ0) is 66.6. The Bertz CT molecular complexity index is 4950. The van der Waals surface area contributed by atoms with Crippen LogP contribution in [0.1, 0.15) is 16.7 Å². The Hall–Kier alpha value is -12.0. The van der Waals surface area contributed by atoms with Gasteiger partial charge in [0.15, 0.2) is 5.82 Å². The summed E-state index contributed by atoms with van der Waals surface area (Å²) in [6.07, 6.45) is 12.0. The Labute approximate surface area is 527 Å². The van der Waals surface area contributed by atoms with Crippen LogP contribution in [0.2, 0.25) is 0 Å². The van der Waals surface area contributed by atoms with Crippen molar-refractivity contribution in [2.45, 2.75) is 19.6 Å². The van der Waals surface area contributed by atoms with Crippen LogP contribution in [0.25, 0.3) is 90.0 Å². The molecule has 15 rings (SSSR count). The molecule has 13 aromatic rings. The number of nitrogens with one attached hydrogen (secondary N) is 1. The zero-order valence-electron chi connectivity index (χ0n) is 48.4. The van der Waals surface area contributed by atoms with Crippen LogP contribution in [0, 0.1) is 81.4 Å². The van der Waals surface area contributed by atoms with Gasteiger partial charge in [0.05, 0.1) is 93.8 Å². The monoisotopic (exact) mass is 1300 g/mol. The van der Waals surface area contributed by atoms with Crippen LogP contribution in [0.15, 0.2) is 201 Å². The van der Waals surface area contributed by atoms with E-state index in [1.54, 1.807) is 42.9 Å². The first-order chi connectivity index (χ1) is 45.9. The van der Waals surface area contributed by atoms with E-state index < -0.39 is 81.4 Å². The number of nitrogens with zero attached hydrogens (tertiary/aromatic N) is 11. The fourth-order valence-electron chi connectivity index (χ4n) is 10.2. The van der Waals surface area contributed by atoms with Gasteiger partial charge in [0, 0.05) is 47.7 Å². The number of hydrogen-bond acceptors (Lipinski definition) is 8. The van der Waals surface area contributed by atoms with E-state index in [0.717, 1.165) is 60.7 Å². The topological polar surface area (TPSA) is 134 Å². The third-order valence-corrected chi connectivity index (χ3v) is 14.7. The molecule has 95 heavy (non-hydrogen) atoms. The summed E-state index contributed by atoms with van der Waals surface area (Å²) < 4.78 is 200. The van der Waals surface area contributed by atoms with Gasteiger partial charge in [-0.2, -0.15) is 0 Å². The van der Waals surface area contributed by atoms with Gasteiger partial charge >= 0.3 is 0 Å². The highest BCUT2D eigenvalue weighted by molar-refractivity contribution is 5.82. The van der Waals surface area contributed by atoms with Gasteiger partial charge in [-0.15, -0.1) is 0 Å². The van der Waals surface area contributed by atoms with E-state index >= 15 is 0 Å². The Balaban J connectivity index is 0.000000123. The third kappa shape index (κ3) is 13.1. The third-order valence-electron chi connectivity index (χ3n) is 14.7. The molecule has 0 amide bonds. The Morgan fingerprint density at radius 3 is 1.20 bits per heavy atom. The number of hydrogen-bond donors (Lipinski definition) is 1. The van der Waals surface area contributed by atoms with Gasteiger partial charge in [-0.1, -0.05) is 42.5 Å². The van der Waals surface area contributed by atoms with Crippen LogP contribution in [0.4, 0.5) is 61.5 Å². The maximum absolute atomic E-state index is 14.3. The van der Waals surface area contributed by atoms with Crippen molar-refractivity contribution in [3.63, 3.8) is 0 Å². The number of halogens is 14. The van der Waals surface area contributed by atoms with E-state index in [9.17, 15) is 61.5 Å². The van der Waals surface area contributed by atoms with Gasteiger partial charge in [0.2, 0.25) is 0 Å². The summed E-state index contributed by atoms with van der Waals surface area (Å²) in [5.41, 5.74) is 1.98. The Morgan fingerprint density at radius 2 is 0.705 bits per heavy atom. The maximum Gasteiger partial charge on any atom is 0.166 e. The summed E-state index contributed by atoms with van der Waals surface area (Å²) in [5, 5.41) is 0. The van der Waals surface area contributed by atoms with Crippen LogP contribution in [0.3, 0.4) is 0 Å².